The van der Waals surface area contributed by atoms with Crippen molar-refractivity contribution in [2.24, 2.45) is 0 Å². The third kappa shape index (κ3) is 5.37. The average molecular weight is 289 g/mol. The minimum absolute atomic E-state index is 0.00937. The fourth-order valence-electron chi connectivity index (χ4n) is 2.76. The van der Waals surface area contributed by atoms with Crippen molar-refractivity contribution in [1.82, 2.24) is 10.3 Å². The van der Waals surface area contributed by atoms with Gasteiger partial charge < -0.3 is 10.6 Å². The molecule has 1 amide bonds. The molecule has 0 bridgehead atoms. The highest BCUT2D eigenvalue weighted by molar-refractivity contribution is 5.94. The Bertz CT molecular complexity index is 422. The second-order valence-electron chi connectivity index (χ2n) is 5.87. The van der Waals surface area contributed by atoms with Crippen LogP contribution in [0.5, 0.6) is 0 Å². The van der Waals surface area contributed by atoms with Crippen LogP contribution in [0.3, 0.4) is 0 Å². The molecule has 1 heterocycles. The summed E-state index contributed by atoms with van der Waals surface area (Å²) in [4.78, 5) is 16.6. The summed E-state index contributed by atoms with van der Waals surface area (Å²) in [7, 11) is 0. The van der Waals surface area contributed by atoms with Crippen molar-refractivity contribution in [3.63, 3.8) is 0 Å². The molecule has 0 aliphatic heterocycles. The lowest BCUT2D eigenvalue weighted by Crippen LogP contribution is -2.35. The average Bonchev–Trinajstić information content (AvgIpc) is 2.48. The monoisotopic (exact) mass is 289 g/mol. The Kier molecular flexibility index (Phi) is 6.51. The molecule has 1 aliphatic carbocycles. The summed E-state index contributed by atoms with van der Waals surface area (Å²) in [6.07, 6.45) is 11.3. The zero-order valence-corrected chi connectivity index (χ0v) is 13.0. The number of anilines is 1. The molecule has 0 aromatic carbocycles. The molecule has 1 saturated carbocycles. The summed E-state index contributed by atoms with van der Waals surface area (Å²) >= 11 is 0. The first-order valence-corrected chi connectivity index (χ1v) is 8.30. The van der Waals surface area contributed by atoms with Crippen molar-refractivity contribution >= 4 is 11.7 Å². The minimum Gasteiger partial charge on any atom is -0.370 e. The number of nitrogens with zero attached hydrogens (tertiary/aromatic N) is 1. The third-order valence-electron chi connectivity index (χ3n) is 4.02. The minimum atomic E-state index is 0.00937. The van der Waals surface area contributed by atoms with Crippen LogP contribution in [0.25, 0.3) is 0 Å². The van der Waals surface area contributed by atoms with Gasteiger partial charge >= 0.3 is 0 Å². The second-order valence-corrected chi connectivity index (χ2v) is 5.87. The van der Waals surface area contributed by atoms with Crippen LogP contribution in [0.4, 0.5) is 5.82 Å². The van der Waals surface area contributed by atoms with Crippen molar-refractivity contribution in [3.8, 4) is 0 Å². The number of aromatic nitrogens is 1. The fourth-order valence-corrected chi connectivity index (χ4v) is 2.76. The first kappa shape index (κ1) is 15.8. The highest BCUT2D eigenvalue weighted by Gasteiger charge is 2.15. The van der Waals surface area contributed by atoms with Gasteiger partial charge in [-0.15, -0.1) is 0 Å². The normalized spacial score (nSPS) is 16.8. The highest BCUT2D eigenvalue weighted by atomic mass is 16.1. The van der Waals surface area contributed by atoms with Gasteiger partial charge in [0.15, 0.2) is 0 Å². The topological polar surface area (TPSA) is 54.0 Å². The molecule has 1 fully saturated rings. The molecule has 0 unspecified atom stereocenters. The maximum absolute atomic E-state index is 12.3. The number of hydrogen-bond donors (Lipinski definition) is 2. The number of amides is 1. The first-order valence-electron chi connectivity index (χ1n) is 8.30. The summed E-state index contributed by atoms with van der Waals surface area (Å²) in [5.74, 6) is 0.842. The van der Waals surface area contributed by atoms with Crippen LogP contribution in [0.1, 0.15) is 68.6 Å². The Hall–Kier alpha value is -1.58. The van der Waals surface area contributed by atoms with Crippen LogP contribution in [0.15, 0.2) is 18.3 Å². The van der Waals surface area contributed by atoms with Gasteiger partial charge in [-0.1, -0.05) is 39.0 Å². The second kappa shape index (κ2) is 8.65. The molecule has 2 N–H and O–H groups in total. The lowest BCUT2D eigenvalue weighted by atomic mass is 9.96. The zero-order valence-electron chi connectivity index (χ0n) is 13.0. The smallest absolute Gasteiger partial charge is 0.253 e. The van der Waals surface area contributed by atoms with Crippen molar-refractivity contribution in [1.29, 1.82) is 0 Å². The number of nitrogens with one attached hydrogen (secondary N) is 2. The van der Waals surface area contributed by atoms with E-state index in [4.69, 9.17) is 0 Å². The van der Waals surface area contributed by atoms with Crippen molar-refractivity contribution in [2.75, 3.05) is 11.9 Å². The standard InChI is InChI=1S/C17H27N3O/c1-2-12-18-16-11-10-14(13-19-16)17(21)20-15-8-6-4-3-5-7-9-15/h10-11,13,15H,2-9,12H2,1H3,(H,18,19)(H,20,21). The number of pyridine rings is 1. The molecule has 4 heteroatoms. The van der Waals surface area contributed by atoms with Gasteiger partial charge in [-0.2, -0.15) is 0 Å². The van der Waals surface area contributed by atoms with E-state index >= 15 is 0 Å². The van der Waals surface area contributed by atoms with Gasteiger partial charge in [-0.25, -0.2) is 4.98 Å². The van der Waals surface area contributed by atoms with Crippen LogP contribution in [-0.2, 0) is 0 Å². The molecule has 1 aromatic rings. The summed E-state index contributed by atoms with van der Waals surface area (Å²) in [5.41, 5.74) is 0.652. The largest absolute Gasteiger partial charge is 0.370 e. The summed E-state index contributed by atoms with van der Waals surface area (Å²) < 4.78 is 0. The molecule has 116 valence electrons. The van der Waals surface area contributed by atoms with E-state index in [1.165, 1.54) is 32.1 Å². The molecule has 1 aromatic heterocycles. The highest BCUT2D eigenvalue weighted by Crippen LogP contribution is 2.17. The van der Waals surface area contributed by atoms with E-state index < -0.39 is 0 Å². The van der Waals surface area contributed by atoms with Gasteiger partial charge in [-0.3, -0.25) is 4.79 Å². The zero-order chi connectivity index (χ0) is 14.9. The molecule has 4 nitrogen and oxygen atoms in total. The maximum Gasteiger partial charge on any atom is 0.253 e. The van der Waals surface area contributed by atoms with E-state index in [9.17, 15) is 4.79 Å². The Balaban J connectivity index is 1.86. The molecule has 0 radical (unpaired) electrons. The van der Waals surface area contributed by atoms with E-state index in [2.05, 4.69) is 22.5 Å². The van der Waals surface area contributed by atoms with E-state index in [0.717, 1.165) is 31.6 Å². The summed E-state index contributed by atoms with van der Waals surface area (Å²) in [6, 6.07) is 4.06. The number of carbonyl (C=O) groups is 1. The van der Waals surface area contributed by atoms with Crippen LogP contribution in [-0.4, -0.2) is 23.5 Å². The molecule has 21 heavy (non-hydrogen) atoms. The Labute approximate surface area is 127 Å². The van der Waals surface area contributed by atoms with Crippen LogP contribution >= 0.6 is 0 Å². The number of rotatable bonds is 5. The van der Waals surface area contributed by atoms with Crippen LogP contribution in [0, 0.1) is 0 Å². The summed E-state index contributed by atoms with van der Waals surface area (Å²) in [5, 5.41) is 6.38. The van der Waals surface area contributed by atoms with E-state index in [-0.39, 0.29) is 5.91 Å². The van der Waals surface area contributed by atoms with E-state index in [1.54, 1.807) is 6.20 Å². The van der Waals surface area contributed by atoms with Crippen LogP contribution in [0.2, 0.25) is 0 Å². The van der Waals surface area contributed by atoms with Gasteiger partial charge in [-0.05, 0) is 31.4 Å². The molecular weight excluding hydrogens is 262 g/mol. The predicted octanol–water partition coefficient (Wildman–Crippen LogP) is 3.75. The molecule has 0 atom stereocenters. The van der Waals surface area contributed by atoms with Crippen molar-refractivity contribution in [3.05, 3.63) is 23.9 Å². The lowest BCUT2D eigenvalue weighted by molar-refractivity contribution is 0.0930. The third-order valence-corrected chi connectivity index (χ3v) is 4.02. The Morgan fingerprint density at radius 3 is 2.52 bits per heavy atom. The first-order chi connectivity index (χ1) is 10.3. The lowest BCUT2D eigenvalue weighted by Gasteiger charge is -2.21. The number of hydrogen-bond acceptors (Lipinski definition) is 3. The van der Waals surface area contributed by atoms with Gasteiger partial charge in [0, 0.05) is 18.8 Å². The van der Waals surface area contributed by atoms with Crippen molar-refractivity contribution < 1.29 is 4.79 Å². The molecule has 1 aliphatic rings. The molecular formula is C17H27N3O. The molecule has 2 rings (SSSR count). The SMILES string of the molecule is CCCNc1ccc(C(=O)NC2CCCCCCC2)cn1. The van der Waals surface area contributed by atoms with Gasteiger partial charge in [0.2, 0.25) is 0 Å². The Morgan fingerprint density at radius 1 is 1.19 bits per heavy atom. The van der Waals surface area contributed by atoms with Gasteiger partial charge in [0.1, 0.15) is 5.82 Å². The molecule has 0 spiro atoms. The number of carbonyl (C=O) groups excluding carboxylic acids is 1. The van der Waals surface area contributed by atoms with Crippen molar-refractivity contribution in [2.45, 2.75) is 64.3 Å². The molecule has 0 saturated heterocycles. The quantitative estimate of drug-likeness (QED) is 0.868. The van der Waals surface area contributed by atoms with E-state index in [1.807, 2.05) is 12.1 Å². The van der Waals surface area contributed by atoms with Gasteiger partial charge in [0.25, 0.3) is 5.91 Å². The Morgan fingerprint density at radius 2 is 1.90 bits per heavy atom. The fraction of sp³-hybridized carbons (Fsp3) is 0.647. The summed E-state index contributed by atoms with van der Waals surface area (Å²) in [6.45, 7) is 3.02. The van der Waals surface area contributed by atoms with Gasteiger partial charge in [0.05, 0.1) is 5.56 Å². The van der Waals surface area contributed by atoms with E-state index in [0.29, 0.717) is 11.6 Å². The predicted molar refractivity (Wildman–Crippen MR) is 86.6 cm³/mol. The maximum atomic E-state index is 12.3. The van der Waals surface area contributed by atoms with Crippen LogP contribution < -0.4 is 10.6 Å².